The summed E-state index contributed by atoms with van der Waals surface area (Å²) < 4.78 is 32.1. The number of esters is 2. The summed E-state index contributed by atoms with van der Waals surface area (Å²) in [4.78, 5) is 45.0. The lowest BCUT2D eigenvalue weighted by molar-refractivity contribution is -0.161. The molecule has 41 heavy (non-hydrogen) atoms. The number of ether oxygens (including phenoxy) is 2. The minimum atomic E-state index is -4.69. The Morgan fingerprint density at radius 2 is 1.22 bits per heavy atom. The van der Waals surface area contributed by atoms with Gasteiger partial charge in [0.05, 0.1) is 13.2 Å². The van der Waals surface area contributed by atoms with E-state index in [4.69, 9.17) is 24.8 Å². The SMILES string of the molecule is CCCCCC/C=C\CCCCCCCC(=O)OC(COC(=O)CCCCCC)COP(=O)(O)OCC(N)C(=O)O. The zero-order valence-electron chi connectivity index (χ0n) is 25.1. The van der Waals surface area contributed by atoms with Gasteiger partial charge in [0.2, 0.25) is 0 Å². The zero-order chi connectivity index (χ0) is 30.8. The number of aliphatic carboxylic acids is 1. The van der Waals surface area contributed by atoms with Crippen molar-refractivity contribution in [3.63, 3.8) is 0 Å². The summed E-state index contributed by atoms with van der Waals surface area (Å²) in [5, 5.41) is 8.78. The molecule has 0 aliphatic carbocycles. The van der Waals surface area contributed by atoms with Crippen LogP contribution in [0.2, 0.25) is 0 Å². The average Bonchev–Trinajstić information content (AvgIpc) is 2.93. The lowest BCUT2D eigenvalue weighted by Crippen LogP contribution is -2.34. The van der Waals surface area contributed by atoms with Gasteiger partial charge in [-0.1, -0.05) is 83.8 Å². The fraction of sp³-hybridized carbons (Fsp3) is 0.828. The number of rotatable bonds is 28. The van der Waals surface area contributed by atoms with Gasteiger partial charge in [-0.15, -0.1) is 0 Å². The van der Waals surface area contributed by atoms with Crippen molar-refractivity contribution in [2.45, 2.75) is 135 Å². The number of carboxylic acids is 1. The van der Waals surface area contributed by atoms with Gasteiger partial charge in [0, 0.05) is 12.8 Å². The molecule has 0 saturated heterocycles. The molecular weight excluding hydrogens is 553 g/mol. The predicted octanol–water partition coefficient (Wildman–Crippen LogP) is 6.21. The van der Waals surface area contributed by atoms with Gasteiger partial charge in [-0.2, -0.15) is 0 Å². The number of carbonyl (C=O) groups excluding carboxylic acids is 2. The largest absolute Gasteiger partial charge is 0.480 e. The van der Waals surface area contributed by atoms with Crippen LogP contribution in [0.15, 0.2) is 12.2 Å². The molecule has 0 heterocycles. The smallest absolute Gasteiger partial charge is 0.472 e. The first kappa shape index (κ1) is 39.2. The first-order chi connectivity index (χ1) is 19.6. The number of unbranched alkanes of at least 4 members (excludes halogenated alkanes) is 12. The maximum atomic E-state index is 12.4. The van der Waals surface area contributed by atoms with Gasteiger partial charge in [0.25, 0.3) is 0 Å². The molecule has 0 fully saturated rings. The maximum absolute atomic E-state index is 12.4. The number of carboxylic acid groups (broad SMARTS) is 1. The van der Waals surface area contributed by atoms with E-state index in [9.17, 15) is 23.8 Å². The molecule has 0 aromatic rings. The zero-order valence-corrected chi connectivity index (χ0v) is 26.0. The first-order valence-corrected chi connectivity index (χ1v) is 16.7. The first-order valence-electron chi connectivity index (χ1n) is 15.2. The molecular formula is C29H54NO10P. The van der Waals surface area contributed by atoms with Crippen molar-refractivity contribution in [3.8, 4) is 0 Å². The van der Waals surface area contributed by atoms with Gasteiger partial charge >= 0.3 is 25.7 Å². The standard InChI is InChI=1S/C29H54NO10P/c1-3-5-7-9-10-11-12-13-14-15-16-17-19-21-28(32)40-25(22-37-27(31)20-18-8-6-4-2)23-38-41(35,36)39-24-26(30)29(33)34/h11-12,25-26H,3-10,13-24,30H2,1-2H3,(H,33,34)(H,35,36)/b12-11-. The Labute approximate surface area is 246 Å². The summed E-state index contributed by atoms with van der Waals surface area (Å²) in [6, 6.07) is -1.52. The molecule has 11 nitrogen and oxygen atoms in total. The van der Waals surface area contributed by atoms with Gasteiger partial charge in [-0.3, -0.25) is 23.4 Å². The third-order valence-corrected chi connectivity index (χ3v) is 7.21. The second kappa shape index (κ2) is 25.9. The Morgan fingerprint density at radius 3 is 1.80 bits per heavy atom. The monoisotopic (exact) mass is 607 g/mol. The molecule has 3 atom stereocenters. The molecule has 0 rings (SSSR count). The highest BCUT2D eigenvalue weighted by Gasteiger charge is 2.28. The Balaban J connectivity index is 4.46. The van der Waals surface area contributed by atoms with Crippen molar-refractivity contribution in [1.82, 2.24) is 0 Å². The molecule has 0 aromatic heterocycles. The molecule has 0 spiro atoms. The highest BCUT2D eigenvalue weighted by molar-refractivity contribution is 7.47. The Kier molecular flexibility index (Phi) is 24.8. The summed E-state index contributed by atoms with van der Waals surface area (Å²) in [5.41, 5.74) is 5.27. The third-order valence-electron chi connectivity index (χ3n) is 6.26. The Morgan fingerprint density at radius 1 is 0.732 bits per heavy atom. The van der Waals surface area contributed by atoms with Crippen LogP contribution in [-0.2, 0) is 37.5 Å². The van der Waals surface area contributed by atoms with Gasteiger partial charge in [-0.05, 0) is 38.5 Å². The molecule has 0 radical (unpaired) electrons. The van der Waals surface area contributed by atoms with Crippen LogP contribution in [0.1, 0.15) is 123 Å². The van der Waals surface area contributed by atoms with E-state index in [1.165, 1.54) is 25.7 Å². The highest BCUT2D eigenvalue weighted by atomic mass is 31.2. The molecule has 0 aromatic carbocycles. The van der Waals surface area contributed by atoms with Gasteiger partial charge in [0.1, 0.15) is 12.6 Å². The molecule has 12 heteroatoms. The Hall–Kier alpha value is -1.78. The quantitative estimate of drug-likeness (QED) is 0.0399. The van der Waals surface area contributed by atoms with Crippen molar-refractivity contribution in [2.75, 3.05) is 19.8 Å². The molecule has 0 saturated carbocycles. The summed E-state index contributed by atoms with van der Waals surface area (Å²) >= 11 is 0. The molecule has 4 N–H and O–H groups in total. The van der Waals surface area contributed by atoms with Gasteiger partial charge < -0.3 is 25.2 Å². The number of phosphoric acid groups is 1. The van der Waals surface area contributed by atoms with E-state index < -0.39 is 51.1 Å². The van der Waals surface area contributed by atoms with Crippen molar-refractivity contribution >= 4 is 25.7 Å². The van der Waals surface area contributed by atoms with E-state index in [0.717, 1.165) is 57.8 Å². The number of nitrogens with two attached hydrogens (primary N) is 1. The van der Waals surface area contributed by atoms with E-state index in [2.05, 4.69) is 30.5 Å². The summed E-state index contributed by atoms with van der Waals surface area (Å²) in [5.74, 6) is -2.41. The van der Waals surface area contributed by atoms with Crippen molar-refractivity contribution < 1.29 is 47.5 Å². The molecule has 0 bridgehead atoms. The number of allylic oxidation sites excluding steroid dienone is 2. The van der Waals surface area contributed by atoms with Gasteiger partial charge in [-0.25, -0.2) is 4.57 Å². The van der Waals surface area contributed by atoms with E-state index in [-0.39, 0.29) is 19.4 Å². The summed E-state index contributed by atoms with van der Waals surface area (Å²) in [7, 11) is -4.69. The van der Waals surface area contributed by atoms with Crippen LogP contribution < -0.4 is 5.73 Å². The average molecular weight is 608 g/mol. The van der Waals surface area contributed by atoms with Gasteiger partial charge in [0.15, 0.2) is 6.10 Å². The number of carbonyl (C=O) groups is 3. The Bertz CT molecular complexity index is 777. The van der Waals surface area contributed by atoms with E-state index >= 15 is 0 Å². The minimum Gasteiger partial charge on any atom is -0.480 e. The highest BCUT2D eigenvalue weighted by Crippen LogP contribution is 2.43. The third kappa shape index (κ3) is 25.6. The van der Waals surface area contributed by atoms with Crippen LogP contribution in [-0.4, -0.2) is 59.9 Å². The fourth-order valence-corrected chi connectivity index (χ4v) is 4.54. The van der Waals surface area contributed by atoms with E-state index in [1.54, 1.807) is 0 Å². The van der Waals surface area contributed by atoms with Crippen LogP contribution in [0.3, 0.4) is 0 Å². The normalized spacial score (nSPS) is 14.4. The number of phosphoric ester groups is 1. The van der Waals surface area contributed by atoms with Crippen molar-refractivity contribution in [3.05, 3.63) is 12.2 Å². The van der Waals surface area contributed by atoms with Crippen LogP contribution in [0.4, 0.5) is 0 Å². The van der Waals surface area contributed by atoms with E-state index in [1.807, 2.05) is 0 Å². The van der Waals surface area contributed by atoms with Crippen LogP contribution in [0.5, 0.6) is 0 Å². The summed E-state index contributed by atoms with van der Waals surface area (Å²) in [6.07, 6.45) is 19.4. The topological polar surface area (TPSA) is 172 Å². The molecule has 0 aliphatic rings. The van der Waals surface area contributed by atoms with E-state index in [0.29, 0.717) is 12.8 Å². The number of hydrogen-bond donors (Lipinski definition) is 3. The molecule has 0 amide bonds. The van der Waals surface area contributed by atoms with Crippen molar-refractivity contribution in [2.24, 2.45) is 5.73 Å². The predicted molar refractivity (Wildman–Crippen MR) is 157 cm³/mol. The second-order valence-electron chi connectivity index (χ2n) is 10.2. The molecule has 0 aliphatic heterocycles. The summed E-state index contributed by atoms with van der Waals surface area (Å²) in [6.45, 7) is 2.58. The van der Waals surface area contributed by atoms with Crippen LogP contribution in [0.25, 0.3) is 0 Å². The maximum Gasteiger partial charge on any atom is 0.472 e. The molecule has 3 unspecified atom stereocenters. The lowest BCUT2D eigenvalue weighted by Gasteiger charge is -2.20. The fourth-order valence-electron chi connectivity index (χ4n) is 3.76. The van der Waals surface area contributed by atoms with Crippen molar-refractivity contribution in [1.29, 1.82) is 0 Å². The minimum absolute atomic E-state index is 0.153. The lowest BCUT2D eigenvalue weighted by atomic mass is 10.1. The molecule has 240 valence electrons. The number of hydrogen-bond acceptors (Lipinski definition) is 9. The van der Waals surface area contributed by atoms with Crippen LogP contribution in [0, 0.1) is 0 Å². The van der Waals surface area contributed by atoms with Crippen LogP contribution >= 0.6 is 7.82 Å². The second-order valence-corrected chi connectivity index (χ2v) is 11.7.